The van der Waals surface area contributed by atoms with E-state index in [0.717, 1.165) is 0 Å². The third-order valence-electron chi connectivity index (χ3n) is 2.70. The molecule has 104 valence electrons. The smallest absolute Gasteiger partial charge is 0.255 e. The molecule has 0 aliphatic heterocycles. The Kier molecular flexibility index (Phi) is 4.52. The molecule has 1 amide bonds. The SMILES string of the molecule is COc1ccc(C(=O)Nc2c(N)cccc2Cl)cc1Br. The van der Waals surface area contributed by atoms with Gasteiger partial charge in [-0.15, -0.1) is 0 Å². The summed E-state index contributed by atoms with van der Waals surface area (Å²) in [5, 5.41) is 3.10. The monoisotopic (exact) mass is 354 g/mol. The minimum absolute atomic E-state index is 0.298. The Labute approximate surface area is 130 Å². The van der Waals surface area contributed by atoms with Crippen LogP contribution < -0.4 is 15.8 Å². The number of halogens is 2. The van der Waals surface area contributed by atoms with Crippen molar-refractivity contribution < 1.29 is 9.53 Å². The molecule has 0 saturated heterocycles. The number of amides is 1. The van der Waals surface area contributed by atoms with E-state index in [1.54, 1.807) is 43.5 Å². The number of hydrogen-bond acceptors (Lipinski definition) is 3. The summed E-state index contributed by atoms with van der Waals surface area (Å²) in [7, 11) is 1.56. The first-order chi connectivity index (χ1) is 9.52. The highest BCUT2D eigenvalue weighted by molar-refractivity contribution is 9.10. The Hall–Kier alpha value is -1.72. The van der Waals surface area contributed by atoms with Gasteiger partial charge in [0, 0.05) is 5.56 Å². The van der Waals surface area contributed by atoms with Crippen molar-refractivity contribution in [2.45, 2.75) is 0 Å². The fourth-order valence-corrected chi connectivity index (χ4v) is 2.44. The van der Waals surface area contributed by atoms with Crippen molar-refractivity contribution in [3.05, 3.63) is 51.5 Å². The Bertz CT molecular complexity index is 641. The number of ether oxygens (including phenoxy) is 1. The summed E-state index contributed by atoms with van der Waals surface area (Å²) in [6.45, 7) is 0. The Morgan fingerprint density at radius 3 is 2.70 bits per heavy atom. The molecule has 0 fully saturated rings. The predicted molar refractivity (Wildman–Crippen MR) is 84.5 cm³/mol. The van der Waals surface area contributed by atoms with Gasteiger partial charge in [-0.2, -0.15) is 0 Å². The van der Waals surface area contributed by atoms with Gasteiger partial charge in [-0.05, 0) is 46.3 Å². The molecule has 0 aliphatic rings. The van der Waals surface area contributed by atoms with E-state index in [1.807, 2.05) is 0 Å². The van der Waals surface area contributed by atoms with Crippen LogP contribution in [-0.2, 0) is 0 Å². The van der Waals surface area contributed by atoms with E-state index < -0.39 is 0 Å². The maximum absolute atomic E-state index is 12.2. The highest BCUT2D eigenvalue weighted by Gasteiger charge is 2.12. The number of methoxy groups -OCH3 is 1. The fraction of sp³-hybridized carbons (Fsp3) is 0.0714. The summed E-state index contributed by atoms with van der Waals surface area (Å²) < 4.78 is 5.81. The summed E-state index contributed by atoms with van der Waals surface area (Å²) in [6, 6.07) is 10.1. The van der Waals surface area contributed by atoms with Crippen molar-refractivity contribution in [1.29, 1.82) is 0 Å². The number of benzene rings is 2. The van der Waals surface area contributed by atoms with E-state index in [4.69, 9.17) is 22.1 Å². The van der Waals surface area contributed by atoms with Gasteiger partial charge in [-0.1, -0.05) is 17.7 Å². The molecule has 2 aromatic rings. The van der Waals surface area contributed by atoms with Crippen molar-refractivity contribution in [3.8, 4) is 5.75 Å². The van der Waals surface area contributed by atoms with Crippen LogP contribution in [0.4, 0.5) is 11.4 Å². The molecule has 0 heterocycles. The van der Waals surface area contributed by atoms with Crippen LogP contribution in [0.15, 0.2) is 40.9 Å². The molecule has 0 saturated carbocycles. The van der Waals surface area contributed by atoms with Gasteiger partial charge in [0.2, 0.25) is 0 Å². The zero-order chi connectivity index (χ0) is 14.7. The zero-order valence-electron chi connectivity index (χ0n) is 10.6. The molecule has 6 heteroatoms. The molecule has 0 atom stereocenters. The van der Waals surface area contributed by atoms with Crippen LogP contribution in [0.1, 0.15) is 10.4 Å². The maximum atomic E-state index is 12.2. The lowest BCUT2D eigenvalue weighted by Gasteiger charge is -2.11. The normalized spacial score (nSPS) is 10.2. The summed E-state index contributed by atoms with van der Waals surface area (Å²) in [5.41, 5.74) is 7.09. The van der Waals surface area contributed by atoms with Crippen molar-refractivity contribution in [1.82, 2.24) is 0 Å². The second-order valence-corrected chi connectivity index (χ2v) is 5.27. The summed E-state index contributed by atoms with van der Waals surface area (Å²) in [4.78, 5) is 12.2. The minimum atomic E-state index is -0.298. The predicted octanol–water partition coefficient (Wildman–Crippen LogP) is 3.95. The molecule has 3 N–H and O–H groups in total. The summed E-state index contributed by atoms with van der Waals surface area (Å²) in [5.74, 6) is 0.354. The van der Waals surface area contributed by atoms with Gasteiger partial charge in [-0.25, -0.2) is 0 Å². The van der Waals surface area contributed by atoms with E-state index in [9.17, 15) is 4.79 Å². The molecule has 0 aliphatic carbocycles. The number of nitrogen functional groups attached to an aromatic ring is 1. The van der Waals surface area contributed by atoms with E-state index in [0.29, 0.717) is 32.2 Å². The maximum Gasteiger partial charge on any atom is 0.255 e. The van der Waals surface area contributed by atoms with E-state index >= 15 is 0 Å². The molecule has 4 nitrogen and oxygen atoms in total. The first-order valence-corrected chi connectivity index (χ1v) is 6.89. The third-order valence-corrected chi connectivity index (χ3v) is 3.63. The van der Waals surface area contributed by atoms with Gasteiger partial charge in [0.25, 0.3) is 5.91 Å². The number of nitrogens with one attached hydrogen (secondary N) is 1. The molecule has 0 radical (unpaired) electrons. The Morgan fingerprint density at radius 2 is 2.10 bits per heavy atom. The second-order valence-electron chi connectivity index (χ2n) is 4.01. The molecular weight excluding hydrogens is 344 g/mol. The lowest BCUT2D eigenvalue weighted by Crippen LogP contribution is -2.13. The number of para-hydroxylation sites is 1. The van der Waals surface area contributed by atoms with Crippen LogP contribution >= 0.6 is 27.5 Å². The highest BCUT2D eigenvalue weighted by Crippen LogP contribution is 2.29. The van der Waals surface area contributed by atoms with Crippen molar-refractivity contribution in [3.63, 3.8) is 0 Å². The Balaban J connectivity index is 2.26. The lowest BCUT2D eigenvalue weighted by molar-refractivity contribution is 0.102. The largest absolute Gasteiger partial charge is 0.496 e. The Morgan fingerprint density at radius 1 is 1.35 bits per heavy atom. The number of rotatable bonds is 3. The van der Waals surface area contributed by atoms with Gasteiger partial charge >= 0.3 is 0 Å². The number of nitrogens with two attached hydrogens (primary N) is 1. The number of carbonyl (C=O) groups excluding carboxylic acids is 1. The first kappa shape index (κ1) is 14.7. The summed E-state index contributed by atoms with van der Waals surface area (Å²) in [6.07, 6.45) is 0. The average molecular weight is 356 g/mol. The zero-order valence-corrected chi connectivity index (χ0v) is 13.0. The number of anilines is 2. The molecule has 0 bridgehead atoms. The highest BCUT2D eigenvalue weighted by atomic mass is 79.9. The van der Waals surface area contributed by atoms with Crippen LogP contribution in [0.3, 0.4) is 0 Å². The van der Waals surface area contributed by atoms with Gasteiger partial charge in [0.05, 0.1) is 28.0 Å². The summed E-state index contributed by atoms with van der Waals surface area (Å²) >= 11 is 9.35. The van der Waals surface area contributed by atoms with Gasteiger partial charge in [0.1, 0.15) is 5.75 Å². The molecule has 0 spiro atoms. The van der Waals surface area contributed by atoms with E-state index in [1.165, 1.54) is 0 Å². The van der Waals surface area contributed by atoms with Gasteiger partial charge < -0.3 is 15.8 Å². The van der Waals surface area contributed by atoms with E-state index in [-0.39, 0.29) is 5.91 Å². The first-order valence-electron chi connectivity index (χ1n) is 5.72. The topological polar surface area (TPSA) is 64.3 Å². The van der Waals surface area contributed by atoms with Crippen LogP contribution in [0.5, 0.6) is 5.75 Å². The molecular formula is C14H12BrClN2O2. The fourth-order valence-electron chi connectivity index (χ4n) is 1.67. The standard InChI is InChI=1S/C14H12BrClN2O2/c1-20-12-6-5-8(7-9(12)15)14(19)18-13-10(16)3-2-4-11(13)17/h2-7H,17H2,1H3,(H,18,19). The van der Waals surface area contributed by atoms with Crippen molar-refractivity contribution in [2.24, 2.45) is 0 Å². The van der Waals surface area contributed by atoms with Crippen molar-refractivity contribution in [2.75, 3.05) is 18.2 Å². The quantitative estimate of drug-likeness (QED) is 0.820. The molecule has 2 rings (SSSR count). The molecule has 20 heavy (non-hydrogen) atoms. The number of carbonyl (C=O) groups is 1. The third kappa shape index (κ3) is 3.05. The molecule has 0 aromatic heterocycles. The lowest BCUT2D eigenvalue weighted by atomic mass is 10.2. The van der Waals surface area contributed by atoms with Crippen LogP contribution in [0.25, 0.3) is 0 Å². The molecule has 2 aromatic carbocycles. The number of hydrogen-bond donors (Lipinski definition) is 2. The van der Waals surface area contributed by atoms with Crippen LogP contribution in [0.2, 0.25) is 5.02 Å². The van der Waals surface area contributed by atoms with Crippen LogP contribution in [-0.4, -0.2) is 13.0 Å². The molecule has 0 unspecified atom stereocenters. The minimum Gasteiger partial charge on any atom is -0.496 e. The van der Waals surface area contributed by atoms with Crippen molar-refractivity contribution >= 4 is 44.8 Å². The van der Waals surface area contributed by atoms with Crippen LogP contribution in [0, 0.1) is 0 Å². The average Bonchev–Trinajstić information content (AvgIpc) is 2.42. The van der Waals surface area contributed by atoms with Gasteiger partial charge in [-0.3, -0.25) is 4.79 Å². The van der Waals surface area contributed by atoms with Gasteiger partial charge in [0.15, 0.2) is 0 Å². The second kappa shape index (κ2) is 6.15. The van der Waals surface area contributed by atoms with E-state index in [2.05, 4.69) is 21.2 Å².